The highest BCUT2D eigenvalue weighted by atomic mass is 19.1. The minimum absolute atomic E-state index is 0.0188. The summed E-state index contributed by atoms with van der Waals surface area (Å²) < 4.78 is 41.0. The molecule has 0 aromatic heterocycles. The van der Waals surface area contributed by atoms with Gasteiger partial charge >= 0.3 is 5.97 Å². The van der Waals surface area contributed by atoms with Crippen LogP contribution in [0.5, 0.6) is 11.5 Å². The number of aliphatic carboxylic acids is 1. The van der Waals surface area contributed by atoms with Crippen LogP contribution < -0.4 is 9.47 Å². The molecule has 1 N–H and O–H groups in total. The van der Waals surface area contributed by atoms with E-state index >= 15 is 4.39 Å². The van der Waals surface area contributed by atoms with Crippen LogP contribution in [0.1, 0.15) is 54.4 Å². The van der Waals surface area contributed by atoms with Crippen LogP contribution in [0.4, 0.5) is 8.78 Å². The minimum atomic E-state index is -0.799. The Morgan fingerprint density at radius 1 is 1.00 bits per heavy atom. The van der Waals surface area contributed by atoms with E-state index in [4.69, 9.17) is 9.47 Å². The summed E-state index contributed by atoms with van der Waals surface area (Å²) in [6, 6.07) is 15.0. The summed E-state index contributed by atoms with van der Waals surface area (Å²) in [6.45, 7) is 0. The zero-order valence-corrected chi connectivity index (χ0v) is 18.9. The first-order valence-electron chi connectivity index (χ1n) is 11.6. The zero-order valence-electron chi connectivity index (χ0n) is 18.9. The van der Waals surface area contributed by atoms with E-state index in [0.717, 1.165) is 29.5 Å². The number of aryl methyl sites for hydroxylation is 1. The molecule has 1 fully saturated rings. The van der Waals surface area contributed by atoms with E-state index in [2.05, 4.69) is 0 Å². The van der Waals surface area contributed by atoms with Gasteiger partial charge in [0, 0.05) is 11.1 Å². The van der Waals surface area contributed by atoms with Crippen LogP contribution in [0.25, 0.3) is 11.1 Å². The molecule has 3 aromatic carbocycles. The van der Waals surface area contributed by atoms with Crippen LogP contribution >= 0.6 is 0 Å². The molecule has 5 rings (SSSR count). The van der Waals surface area contributed by atoms with Crippen LogP contribution in [0.3, 0.4) is 0 Å². The van der Waals surface area contributed by atoms with Gasteiger partial charge in [0.25, 0.3) is 0 Å². The number of carboxylic acid groups (broad SMARTS) is 1. The topological polar surface area (TPSA) is 55.8 Å². The van der Waals surface area contributed by atoms with Gasteiger partial charge in [-0.2, -0.15) is 0 Å². The molecule has 3 aromatic rings. The lowest BCUT2D eigenvalue weighted by Gasteiger charge is -2.19. The normalized spacial score (nSPS) is 17.8. The second-order valence-corrected chi connectivity index (χ2v) is 9.14. The molecular weight excluding hydrogens is 438 g/mol. The summed E-state index contributed by atoms with van der Waals surface area (Å²) in [4.78, 5) is 11.3. The molecule has 0 unspecified atom stereocenters. The number of benzene rings is 3. The fourth-order valence-electron chi connectivity index (χ4n) is 4.98. The van der Waals surface area contributed by atoms with Gasteiger partial charge in [-0.1, -0.05) is 12.1 Å². The number of hydrogen-bond donors (Lipinski definition) is 1. The molecular formula is C28H26F2O4. The van der Waals surface area contributed by atoms with E-state index < -0.39 is 17.6 Å². The molecule has 2 atom stereocenters. The summed E-state index contributed by atoms with van der Waals surface area (Å²) in [5.74, 6) is -0.316. The molecule has 0 amide bonds. The number of carbonyl (C=O) groups is 1. The third kappa shape index (κ3) is 4.49. The fraction of sp³-hybridized carbons (Fsp3) is 0.321. The SMILES string of the molecule is COc1ccc(F)c(-c2cc3c(cc2F)[C@H](Oc2cccc([C@@H](CC(=O)O)C4CC4)c2)CC3)c1. The number of halogens is 2. The first-order chi connectivity index (χ1) is 16.4. The maximum atomic E-state index is 15.1. The molecule has 2 aliphatic rings. The first-order valence-corrected chi connectivity index (χ1v) is 11.6. The van der Waals surface area contributed by atoms with E-state index in [0.29, 0.717) is 30.3 Å². The molecule has 0 spiro atoms. The second kappa shape index (κ2) is 9.09. The lowest BCUT2D eigenvalue weighted by molar-refractivity contribution is -0.137. The molecule has 4 nitrogen and oxygen atoms in total. The number of rotatable bonds is 8. The first kappa shape index (κ1) is 22.4. The Hall–Kier alpha value is -3.41. The summed E-state index contributed by atoms with van der Waals surface area (Å²) in [5, 5.41) is 9.31. The Bertz CT molecular complexity index is 1240. The Morgan fingerprint density at radius 2 is 1.79 bits per heavy atom. The van der Waals surface area contributed by atoms with E-state index in [-0.39, 0.29) is 29.6 Å². The monoisotopic (exact) mass is 464 g/mol. The maximum absolute atomic E-state index is 15.1. The minimum Gasteiger partial charge on any atom is -0.497 e. The quantitative estimate of drug-likeness (QED) is 0.404. The van der Waals surface area contributed by atoms with Gasteiger partial charge in [-0.3, -0.25) is 4.79 Å². The third-order valence-electron chi connectivity index (χ3n) is 6.87. The molecule has 0 aliphatic heterocycles. The van der Waals surface area contributed by atoms with Crippen LogP contribution in [-0.2, 0) is 11.2 Å². The maximum Gasteiger partial charge on any atom is 0.303 e. The van der Waals surface area contributed by atoms with Gasteiger partial charge in [-0.25, -0.2) is 8.78 Å². The van der Waals surface area contributed by atoms with Gasteiger partial charge in [0.2, 0.25) is 0 Å². The lowest BCUT2D eigenvalue weighted by atomic mass is 9.91. The van der Waals surface area contributed by atoms with Gasteiger partial charge in [-0.05, 0) is 96.7 Å². The van der Waals surface area contributed by atoms with Crippen molar-refractivity contribution in [2.75, 3.05) is 7.11 Å². The van der Waals surface area contributed by atoms with Crippen LogP contribution in [0, 0.1) is 17.6 Å². The Kier molecular flexibility index (Phi) is 5.98. The van der Waals surface area contributed by atoms with Crippen molar-refractivity contribution in [2.45, 2.75) is 44.1 Å². The largest absolute Gasteiger partial charge is 0.497 e. The smallest absolute Gasteiger partial charge is 0.303 e. The van der Waals surface area contributed by atoms with E-state index in [1.165, 1.54) is 31.4 Å². The number of hydrogen-bond acceptors (Lipinski definition) is 3. The highest BCUT2D eigenvalue weighted by Gasteiger charge is 2.34. The standard InChI is InChI=1S/C28H26F2O4/c1-33-19-8-9-25(29)24(13-19)23-12-18-7-10-27(22(18)14-26(23)30)34-20-4-2-3-17(11-20)21(15-28(31)32)16-5-6-16/h2-4,8-9,11-14,16,21,27H,5-7,10,15H2,1H3,(H,31,32)/t21-,27+/m0/s1. The molecule has 34 heavy (non-hydrogen) atoms. The molecule has 0 radical (unpaired) electrons. The van der Waals surface area contributed by atoms with E-state index in [1.54, 1.807) is 6.07 Å². The summed E-state index contributed by atoms with van der Waals surface area (Å²) in [6.07, 6.45) is 3.27. The van der Waals surface area contributed by atoms with Crippen molar-refractivity contribution in [3.63, 3.8) is 0 Å². The Balaban J connectivity index is 1.40. The molecule has 6 heteroatoms. The fourth-order valence-corrected chi connectivity index (χ4v) is 4.98. The average Bonchev–Trinajstić information content (AvgIpc) is 3.60. The molecule has 0 saturated heterocycles. The van der Waals surface area contributed by atoms with Crippen LogP contribution in [-0.4, -0.2) is 18.2 Å². The second-order valence-electron chi connectivity index (χ2n) is 9.14. The zero-order chi connectivity index (χ0) is 23.8. The molecule has 176 valence electrons. The van der Waals surface area contributed by atoms with Crippen molar-refractivity contribution >= 4 is 5.97 Å². The van der Waals surface area contributed by atoms with Crippen molar-refractivity contribution in [3.8, 4) is 22.6 Å². The predicted octanol–water partition coefficient (Wildman–Crippen LogP) is 6.68. The number of fused-ring (bicyclic) bond motifs is 1. The van der Waals surface area contributed by atoms with Crippen LogP contribution in [0.15, 0.2) is 54.6 Å². The van der Waals surface area contributed by atoms with Crippen molar-refractivity contribution in [3.05, 3.63) is 82.9 Å². The molecule has 1 saturated carbocycles. The van der Waals surface area contributed by atoms with Crippen molar-refractivity contribution in [2.24, 2.45) is 5.92 Å². The van der Waals surface area contributed by atoms with Gasteiger partial charge in [0.1, 0.15) is 29.2 Å². The predicted molar refractivity (Wildman–Crippen MR) is 124 cm³/mol. The number of carboxylic acids is 1. The van der Waals surface area contributed by atoms with E-state index in [1.807, 2.05) is 24.3 Å². The highest BCUT2D eigenvalue weighted by Crippen LogP contribution is 2.46. The van der Waals surface area contributed by atoms with Gasteiger partial charge < -0.3 is 14.6 Å². The van der Waals surface area contributed by atoms with E-state index in [9.17, 15) is 14.3 Å². The van der Waals surface area contributed by atoms with Crippen molar-refractivity contribution < 1.29 is 28.2 Å². The number of ether oxygens (including phenoxy) is 2. The highest BCUT2D eigenvalue weighted by molar-refractivity contribution is 5.69. The summed E-state index contributed by atoms with van der Waals surface area (Å²) in [7, 11) is 1.49. The Morgan fingerprint density at radius 3 is 2.53 bits per heavy atom. The summed E-state index contributed by atoms with van der Waals surface area (Å²) in [5.41, 5.74) is 3.04. The van der Waals surface area contributed by atoms with Crippen molar-refractivity contribution in [1.29, 1.82) is 0 Å². The molecule has 0 bridgehead atoms. The number of methoxy groups -OCH3 is 1. The van der Waals surface area contributed by atoms with Crippen molar-refractivity contribution in [1.82, 2.24) is 0 Å². The lowest BCUT2D eigenvalue weighted by Crippen LogP contribution is -2.09. The molecule has 0 heterocycles. The third-order valence-corrected chi connectivity index (χ3v) is 6.87. The average molecular weight is 465 g/mol. The Labute approximate surface area is 197 Å². The summed E-state index contributed by atoms with van der Waals surface area (Å²) >= 11 is 0. The van der Waals surface area contributed by atoms with Gasteiger partial charge in [0.05, 0.1) is 13.5 Å². The van der Waals surface area contributed by atoms with Gasteiger partial charge in [-0.15, -0.1) is 0 Å². The molecule has 2 aliphatic carbocycles. The van der Waals surface area contributed by atoms with Crippen LogP contribution in [0.2, 0.25) is 0 Å². The van der Waals surface area contributed by atoms with Gasteiger partial charge in [0.15, 0.2) is 0 Å².